The summed E-state index contributed by atoms with van der Waals surface area (Å²) in [6, 6.07) is 7.56. The van der Waals surface area contributed by atoms with E-state index in [2.05, 4.69) is 0 Å². The van der Waals surface area contributed by atoms with Crippen LogP contribution in [0.1, 0.15) is 33.3 Å². The van der Waals surface area contributed by atoms with Gasteiger partial charge in [0.25, 0.3) is 0 Å². The van der Waals surface area contributed by atoms with Crippen molar-refractivity contribution in [1.29, 1.82) is 0 Å². The summed E-state index contributed by atoms with van der Waals surface area (Å²) < 4.78 is 27.3. The summed E-state index contributed by atoms with van der Waals surface area (Å²) in [5, 5.41) is 0. The number of thioether (sulfide) groups is 1. The summed E-state index contributed by atoms with van der Waals surface area (Å²) in [6.07, 6.45) is -4.35. The molecule has 1 heterocycles. The number of hydrogen-bond acceptors (Lipinski definition) is 10. The van der Waals surface area contributed by atoms with Crippen LogP contribution in [0.15, 0.2) is 29.2 Å². The first-order valence-electron chi connectivity index (χ1n) is 9.60. The van der Waals surface area contributed by atoms with Gasteiger partial charge < -0.3 is 23.7 Å². The van der Waals surface area contributed by atoms with Crippen LogP contribution in [0.2, 0.25) is 0 Å². The number of carbonyl (C=O) groups is 4. The minimum absolute atomic E-state index is 0.247. The molecule has 1 unspecified atom stereocenters. The Hall–Kier alpha value is -2.59. The van der Waals surface area contributed by atoms with E-state index in [-0.39, 0.29) is 6.61 Å². The molecule has 0 saturated carbocycles. The molecule has 2 rings (SSSR count). The maximum Gasteiger partial charge on any atom is 0.303 e. The van der Waals surface area contributed by atoms with Gasteiger partial charge in [-0.05, 0) is 19.1 Å². The van der Waals surface area contributed by atoms with Crippen molar-refractivity contribution < 1.29 is 42.9 Å². The second-order valence-corrected chi connectivity index (χ2v) is 8.17. The smallest absolute Gasteiger partial charge is 0.303 e. The van der Waals surface area contributed by atoms with Crippen LogP contribution >= 0.6 is 11.8 Å². The van der Waals surface area contributed by atoms with E-state index in [0.717, 1.165) is 10.5 Å². The van der Waals surface area contributed by atoms with Crippen LogP contribution in [0.3, 0.4) is 0 Å². The zero-order valence-corrected chi connectivity index (χ0v) is 18.8. The van der Waals surface area contributed by atoms with E-state index >= 15 is 0 Å². The number of esters is 4. The lowest BCUT2D eigenvalue weighted by Gasteiger charge is -2.44. The van der Waals surface area contributed by atoms with E-state index in [0.29, 0.717) is 0 Å². The van der Waals surface area contributed by atoms with Gasteiger partial charge in [-0.15, -0.1) is 0 Å². The molecule has 0 aliphatic carbocycles. The second-order valence-electron chi connectivity index (χ2n) is 7.00. The van der Waals surface area contributed by atoms with Gasteiger partial charge in [0.15, 0.2) is 18.3 Å². The fraction of sp³-hybridized carbons (Fsp3) is 0.524. The molecule has 0 N–H and O–H groups in total. The van der Waals surface area contributed by atoms with E-state index in [1.54, 1.807) is 0 Å². The second kappa shape index (κ2) is 11.1. The molecule has 0 amide bonds. The van der Waals surface area contributed by atoms with Gasteiger partial charge >= 0.3 is 23.9 Å². The van der Waals surface area contributed by atoms with Gasteiger partial charge in [0, 0.05) is 32.6 Å². The Balaban J connectivity index is 2.43. The Morgan fingerprint density at radius 2 is 1.32 bits per heavy atom. The Kier molecular flexibility index (Phi) is 8.88. The third-order valence-corrected chi connectivity index (χ3v) is 5.38. The average molecular weight is 454 g/mol. The monoisotopic (exact) mass is 454 g/mol. The summed E-state index contributed by atoms with van der Waals surface area (Å²) in [4.78, 5) is 47.5. The summed E-state index contributed by atoms with van der Waals surface area (Å²) in [5.41, 5.74) is 0.231. The van der Waals surface area contributed by atoms with E-state index < -0.39 is 53.7 Å². The lowest BCUT2D eigenvalue weighted by molar-refractivity contribution is -0.237. The van der Waals surface area contributed by atoms with Crippen molar-refractivity contribution in [3.63, 3.8) is 0 Å². The number of carbonyl (C=O) groups excluding carboxylic acids is 4. The molecule has 5 atom stereocenters. The molecular weight excluding hydrogens is 428 g/mol. The predicted molar refractivity (Wildman–Crippen MR) is 109 cm³/mol. The standard InChI is InChI=1S/C21H26O9S/c1-11-6-8-16(9-7-11)31-21-20(29-15(5)25)19(28-14(4)24)18(27-13(3)23)17(30-21)10-26-12(2)22/h6-9,17-21H,10H2,1-5H3/t17-,18+,19+,20-,21?/m1/s1. The van der Waals surface area contributed by atoms with Gasteiger partial charge in [0.05, 0.1) is 0 Å². The molecule has 1 aromatic rings. The molecule has 1 aliphatic rings. The average Bonchev–Trinajstić information content (AvgIpc) is 2.65. The first kappa shape index (κ1) is 24.7. The lowest BCUT2D eigenvalue weighted by atomic mass is 9.99. The van der Waals surface area contributed by atoms with Crippen molar-refractivity contribution in [2.24, 2.45) is 0 Å². The van der Waals surface area contributed by atoms with Crippen molar-refractivity contribution in [3.05, 3.63) is 29.8 Å². The zero-order valence-electron chi connectivity index (χ0n) is 18.0. The van der Waals surface area contributed by atoms with E-state index in [1.807, 2.05) is 31.2 Å². The molecule has 170 valence electrons. The zero-order chi connectivity index (χ0) is 23.1. The van der Waals surface area contributed by atoms with Gasteiger partial charge in [-0.25, -0.2) is 0 Å². The summed E-state index contributed by atoms with van der Waals surface area (Å²) in [5.74, 6) is -2.50. The van der Waals surface area contributed by atoms with Gasteiger partial charge in [-0.3, -0.25) is 19.2 Å². The Labute approximate surface area is 184 Å². The minimum atomic E-state index is -1.16. The highest BCUT2D eigenvalue weighted by atomic mass is 32.2. The van der Waals surface area contributed by atoms with Gasteiger partial charge in [0.1, 0.15) is 18.1 Å². The normalized spacial score (nSPS) is 25.3. The third-order valence-electron chi connectivity index (χ3n) is 4.22. The molecule has 1 fully saturated rings. The first-order valence-corrected chi connectivity index (χ1v) is 10.5. The Morgan fingerprint density at radius 1 is 0.806 bits per heavy atom. The van der Waals surface area contributed by atoms with Crippen molar-refractivity contribution in [2.45, 2.75) is 69.4 Å². The van der Waals surface area contributed by atoms with E-state index in [9.17, 15) is 19.2 Å². The SMILES string of the molecule is CC(=O)OC[C@H]1OC(Sc2ccc(C)cc2)[C@H](OC(C)=O)[C@@H](OC(C)=O)[C@H]1OC(C)=O. The van der Waals surface area contributed by atoms with Gasteiger partial charge in [0.2, 0.25) is 0 Å². The number of aryl methyl sites for hydroxylation is 1. The highest BCUT2D eigenvalue weighted by Crippen LogP contribution is 2.37. The van der Waals surface area contributed by atoms with Crippen LogP contribution in [0.4, 0.5) is 0 Å². The number of rotatable bonds is 7. The van der Waals surface area contributed by atoms with Crippen LogP contribution in [0.5, 0.6) is 0 Å². The van der Waals surface area contributed by atoms with Crippen LogP contribution in [0, 0.1) is 6.92 Å². The van der Waals surface area contributed by atoms with Crippen LogP contribution < -0.4 is 0 Å². The minimum Gasteiger partial charge on any atom is -0.463 e. The summed E-state index contributed by atoms with van der Waals surface area (Å²) in [6.45, 7) is 6.51. The topological polar surface area (TPSA) is 114 Å². The third kappa shape index (κ3) is 7.55. The quantitative estimate of drug-likeness (QED) is 0.448. The number of ether oxygens (including phenoxy) is 5. The largest absolute Gasteiger partial charge is 0.463 e. The summed E-state index contributed by atoms with van der Waals surface area (Å²) in [7, 11) is 0. The lowest BCUT2D eigenvalue weighted by Crippen LogP contribution is -2.61. The van der Waals surface area contributed by atoms with Crippen molar-refractivity contribution in [3.8, 4) is 0 Å². The fourth-order valence-corrected chi connectivity index (χ4v) is 4.14. The van der Waals surface area contributed by atoms with Gasteiger partial charge in [-0.1, -0.05) is 29.5 Å². The highest BCUT2D eigenvalue weighted by molar-refractivity contribution is 7.99. The van der Waals surface area contributed by atoms with E-state index in [1.165, 1.54) is 39.5 Å². The van der Waals surface area contributed by atoms with Crippen LogP contribution in [-0.2, 0) is 42.9 Å². The maximum atomic E-state index is 11.8. The Morgan fingerprint density at radius 3 is 1.84 bits per heavy atom. The first-order chi connectivity index (χ1) is 14.6. The molecule has 9 nitrogen and oxygen atoms in total. The van der Waals surface area contributed by atoms with Gasteiger partial charge in [-0.2, -0.15) is 0 Å². The molecule has 31 heavy (non-hydrogen) atoms. The van der Waals surface area contributed by atoms with E-state index in [4.69, 9.17) is 23.7 Å². The molecule has 10 heteroatoms. The molecule has 0 aromatic heterocycles. The van der Waals surface area contributed by atoms with Crippen LogP contribution in [0.25, 0.3) is 0 Å². The molecule has 0 radical (unpaired) electrons. The molecule has 0 bridgehead atoms. The predicted octanol–water partition coefficient (Wildman–Crippen LogP) is 2.17. The number of hydrogen-bond donors (Lipinski definition) is 0. The Bertz CT molecular complexity index is 808. The molecule has 1 aromatic carbocycles. The van der Waals surface area contributed by atoms with Crippen molar-refractivity contribution in [2.75, 3.05) is 6.61 Å². The summed E-state index contributed by atoms with van der Waals surface area (Å²) >= 11 is 1.24. The molecular formula is C21H26O9S. The molecule has 0 spiro atoms. The van der Waals surface area contributed by atoms with Crippen LogP contribution in [-0.4, -0.2) is 60.3 Å². The molecule has 1 saturated heterocycles. The maximum absolute atomic E-state index is 11.8. The molecule has 1 aliphatic heterocycles. The van der Waals surface area contributed by atoms with Crippen molar-refractivity contribution in [1.82, 2.24) is 0 Å². The fourth-order valence-electron chi connectivity index (χ4n) is 3.03. The number of benzene rings is 1. The van der Waals surface area contributed by atoms with Crippen molar-refractivity contribution >= 4 is 35.6 Å². The highest BCUT2D eigenvalue weighted by Gasteiger charge is 2.52.